The molecule has 56 valence electrons. The number of carboxylic acids is 1. The van der Waals surface area contributed by atoms with E-state index in [1.807, 2.05) is 0 Å². The lowest BCUT2D eigenvalue weighted by Gasteiger charge is -2.21. The van der Waals surface area contributed by atoms with Crippen molar-refractivity contribution in [3.05, 3.63) is 0 Å². The molecule has 0 aromatic heterocycles. The highest BCUT2D eigenvalue weighted by atomic mass is 16.4. The van der Waals surface area contributed by atoms with Gasteiger partial charge in [0.1, 0.15) is 5.54 Å². The maximum atomic E-state index is 10.7. The van der Waals surface area contributed by atoms with Crippen LogP contribution in [0.25, 0.3) is 0 Å². The first-order valence-corrected chi connectivity index (χ1v) is 3.49. The number of rotatable bonds is 1. The summed E-state index contributed by atoms with van der Waals surface area (Å²) in [6, 6.07) is 0.385. The Bertz CT molecular complexity index is 173. The summed E-state index contributed by atoms with van der Waals surface area (Å²) >= 11 is 0. The van der Waals surface area contributed by atoms with Gasteiger partial charge in [0.25, 0.3) is 0 Å². The van der Waals surface area contributed by atoms with Crippen LogP contribution in [0.1, 0.15) is 19.3 Å². The predicted octanol–water partition coefficient (Wildman–Crippen LogP) is -0.530. The van der Waals surface area contributed by atoms with E-state index in [1.165, 1.54) is 0 Å². The van der Waals surface area contributed by atoms with Crippen molar-refractivity contribution in [3.63, 3.8) is 0 Å². The van der Waals surface area contributed by atoms with Crippen molar-refractivity contribution in [1.82, 2.24) is 10.9 Å². The molecule has 1 saturated heterocycles. The topological polar surface area (TPSA) is 61.4 Å². The smallest absolute Gasteiger partial charge is 0.325 e. The third-order valence-electron chi connectivity index (χ3n) is 2.44. The molecular formula is C6H10N2O2. The van der Waals surface area contributed by atoms with E-state index in [9.17, 15) is 4.79 Å². The molecule has 1 aliphatic heterocycles. The summed E-state index contributed by atoms with van der Waals surface area (Å²) in [5, 5.41) is 8.79. The standard InChI is InChI=1S/C6H10N2O2/c9-5(10)6-2-1-4(3-6)7-8-6/h4,7-8H,1-3H2,(H,9,10). The van der Waals surface area contributed by atoms with Crippen LogP contribution in [0.15, 0.2) is 0 Å². The fourth-order valence-electron chi connectivity index (χ4n) is 1.77. The lowest BCUT2D eigenvalue weighted by Crippen LogP contribution is -2.52. The molecule has 4 nitrogen and oxygen atoms in total. The Morgan fingerprint density at radius 2 is 2.50 bits per heavy atom. The van der Waals surface area contributed by atoms with E-state index in [1.54, 1.807) is 0 Å². The van der Waals surface area contributed by atoms with Crippen LogP contribution in [-0.2, 0) is 4.79 Å². The molecule has 10 heavy (non-hydrogen) atoms. The fourth-order valence-corrected chi connectivity index (χ4v) is 1.77. The fraction of sp³-hybridized carbons (Fsp3) is 0.833. The molecule has 4 heteroatoms. The Balaban J connectivity index is 2.23. The summed E-state index contributed by atoms with van der Waals surface area (Å²) in [5.41, 5.74) is 5.13. The van der Waals surface area contributed by atoms with Crippen molar-refractivity contribution in [2.75, 3.05) is 0 Å². The van der Waals surface area contributed by atoms with Gasteiger partial charge >= 0.3 is 5.97 Å². The van der Waals surface area contributed by atoms with Gasteiger partial charge in [0.2, 0.25) is 0 Å². The molecule has 2 rings (SSSR count). The van der Waals surface area contributed by atoms with Gasteiger partial charge in [-0.1, -0.05) is 0 Å². The SMILES string of the molecule is O=C(O)C12CCC(C1)NN2. The number of nitrogens with one attached hydrogen (secondary N) is 2. The molecule has 2 atom stereocenters. The second-order valence-electron chi connectivity index (χ2n) is 3.10. The molecule has 0 spiro atoms. The van der Waals surface area contributed by atoms with E-state index in [0.29, 0.717) is 6.04 Å². The van der Waals surface area contributed by atoms with Gasteiger partial charge in [0.15, 0.2) is 0 Å². The summed E-state index contributed by atoms with van der Waals surface area (Å²) < 4.78 is 0. The van der Waals surface area contributed by atoms with Crippen molar-refractivity contribution in [1.29, 1.82) is 0 Å². The van der Waals surface area contributed by atoms with E-state index in [0.717, 1.165) is 19.3 Å². The average Bonchev–Trinajstić information content (AvgIpc) is 2.45. The molecule has 1 heterocycles. The van der Waals surface area contributed by atoms with Crippen molar-refractivity contribution in [3.8, 4) is 0 Å². The van der Waals surface area contributed by atoms with Gasteiger partial charge in [-0.3, -0.25) is 10.2 Å². The summed E-state index contributed by atoms with van der Waals surface area (Å²) in [6.45, 7) is 0. The molecule has 0 aromatic rings. The second kappa shape index (κ2) is 1.71. The maximum absolute atomic E-state index is 10.7. The minimum Gasteiger partial charge on any atom is -0.480 e. The van der Waals surface area contributed by atoms with E-state index < -0.39 is 11.5 Å². The highest BCUT2D eigenvalue weighted by Crippen LogP contribution is 2.33. The van der Waals surface area contributed by atoms with Gasteiger partial charge < -0.3 is 5.11 Å². The summed E-state index contributed by atoms with van der Waals surface area (Å²) in [4.78, 5) is 10.7. The highest BCUT2D eigenvalue weighted by molar-refractivity contribution is 5.79. The van der Waals surface area contributed by atoms with Crippen LogP contribution in [0.3, 0.4) is 0 Å². The third-order valence-corrected chi connectivity index (χ3v) is 2.44. The molecule has 1 saturated carbocycles. The van der Waals surface area contributed by atoms with E-state index in [2.05, 4.69) is 10.9 Å². The Hall–Kier alpha value is -0.610. The summed E-state index contributed by atoms with van der Waals surface area (Å²) in [5.74, 6) is -0.722. The molecular weight excluding hydrogens is 132 g/mol. The van der Waals surface area contributed by atoms with Crippen molar-refractivity contribution in [2.24, 2.45) is 0 Å². The molecule has 3 N–H and O–H groups in total. The zero-order valence-corrected chi connectivity index (χ0v) is 5.55. The van der Waals surface area contributed by atoms with Crippen LogP contribution < -0.4 is 10.9 Å². The van der Waals surface area contributed by atoms with Crippen LogP contribution in [0.4, 0.5) is 0 Å². The maximum Gasteiger partial charge on any atom is 0.325 e. The van der Waals surface area contributed by atoms with Crippen LogP contribution >= 0.6 is 0 Å². The molecule has 1 aliphatic carbocycles. The molecule has 2 unspecified atom stereocenters. The van der Waals surface area contributed by atoms with E-state index >= 15 is 0 Å². The number of hydrogen-bond donors (Lipinski definition) is 3. The van der Waals surface area contributed by atoms with Gasteiger partial charge in [-0.15, -0.1) is 0 Å². The number of carboxylic acid groups (broad SMARTS) is 1. The predicted molar refractivity (Wildman–Crippen MR) is 34.3 cm³/mol. The highest BCUT2D eigenvalue weighted by Gasteiger charge is 2.50. The zero-order chi connectivity index (χ0) is 7.19. The number of aliphatic carboxylic acids is 1. The summed E-state index contributed by atoms with van der Waals surface area (Å²) in [6.07, 6.45) is 2.49. The monoisotopic (exact) mass is 142 g/mol. The largest absolute Gasteiger partial charge is 0.480 e. The van der Waals surface area contributed by atoms with Gasteiger partial charge in [-0.05, 0) is 19.3 Å². The van der Waals surface area contributed by atoms with Crippen LogP contribution in [0.5, 0.6) is 0 Å². The first-order valence-electron chi connectivity index (χ1n) is 3.49. The second-order valence-corrected chi connectivity index (χ2v) is 3.10. The minimum atomic E-state index is -0.722. The minimum absolute atomic E-state index is 0.385. The normalized spacial score (nSPS) is 44.2. The molecule has 2 aliphatic rings. The quantitative estimate of drug-likeness (QED) is 0.460. The number of carbonyl (C=O) groups is 1. The van der Waals surface area contributed by atoms with Gasteiger partial charge in [0, 0.05) is 6.04 Å². The lowest BCUT2D eigenvalue weighted by atomic mass is 10.0. The Kier molecular flexibility index (Phi) is 1.04. The number of hydrazine groups is 1. The molecule has 2 fully saturated rings. The average molecular weight is 142 g/mol. The van der Waals surface area contributed by atoms with E-state index in [-0.39, 0.29) is 0 Å². The first kappa shape index (κ1) is 6.12. The third kappa shape index (κ3) is 0.602. The molecule has 2 bridgehead atoms. The Labute approximate surface area is 58.6 Å². The van der Waals surface area contributed by atoms with Crippen LogP contribution in [-0.4, -0.2) is 22.7 Å². The van der Waals surface area contributed by atoms with Gasteiger partial charge in [0.05, 0.1) is 0 Å². The van der Waals surface area contributed by atoms with Gasteiger partial charge in [-0.25, -0.2) is 5.43 Å². The van der Waals surface area contributed by atoms with E-state index in [4.69, 9.17) is 5.11 Å². The lowest BCUT2D eigenvalue weighted by molar-refractivity contribution is -0.144. The van der Waals surface area contributed by atoms with Crippen molar-refractivity contribution < 1.29 is 9.90 Å². The first-order chi connectivity index (χ1) is 4.73. The van der Waals surface area contributed by atoms with Gasteiger partial charge in [-0.2, -0.15) is 0 Å². The number of fused-ring (bicyclic) bond motifs is 2. The van der Waals surface area contributed by atoms with Crippen molar-refractivity contribution >= 4 is 5.97 Å². The Morgan fingerprint density at radius 1 is 1.70 bits per heavy atom. The summed E-state index contributed by atoms with van der Waals surface area (Å²) in [7, 11) is 0. The molecule has 0 radical (unpaired) electrons. The van der Waals surface area contributed by atoms with Crippen molar-refractivity contribution in [2.45, 2.75) is 30.8 Å². The zero-order valence-electron chi connectivity index (χ0n) is 5.55. The molecule has 0 amide bonds. The Morgan fingerprint density at radius 3 is 2.70 bits per heavy atom. The molecule has 0 aromatic carbocycles. The number of hydrogen-bond acceptors (Lipinski definition) is 3. The van der Waals surface area contributed by atoms with Crippen LogP contribution in [0, 0.1) is 0 Å². The van der Waals surface area contributed by atoms with Crippen LogP contribution in [0.2, 0.25) is 0 Å².